The Balaban J connectivity index is 1.92. The van der Waals surface area contributed by atoms with Crippen LogP contribution in [0.15, 0.2) is 48.5 Å². The molecule has 0 aliphatic heterocycles. The van der Waals surface area contributed by atoms with Crippen molar-refractivity contribution in [1.29, 1.82) is 0 Å². The number of methoxy groups -OCH3 is 1. The van der Waals surface area contributed by atoms with Gasteiger partial charge in [-0.1, -0.05) is 18.2 Å². The standard InChI is InChI=1S/C17H20O4/c1-13(18)16-9-8-15(19-2)12-17(16)21-11-10-20-14-6-4-3-5-7-14/h3-9,12-13,18H,10-11H2,1-2H3/t13-/m0/s1. The molecule has 0 fully saturated rings. The van der Waals surface area contributed by atoms with Crippen molar-refractivity contribution < 1.29 is 19.3 Å². The van der Waals surface area contributed by atoms with E-state index in [1.54, 1.807) is 32.2 Å². The van der Waals surface area contributed by atoms with Crippen LogP contribution in [0.3, 0.4) is 0 Å². The molecule has 1 N–H and O–H groups in total. The Morgan fingerprint density at radius 3 is 2.33 bits per heavy atom. The van der Waals surface area contributed by atoms with E-state index in [4.69, 9.17) is 14.2 Å². The molecule has 0 aliphatic rings. The molecule has 112 valence electrons. The van der Waals surface area contributed by atoms with E-state index >= 15 is 0 Å². The molecule has 0 saturated carbocycles. The molecule has 2 rings (SSSR count). The summed E-state index contributed by atoms with van der Waals surface area (Å²) in [6, 6.07) is 14.9. The molecule has 0 aliphatic carbocycles. The molecule has 4 heteroatoms. The first-order valence-electron chi connectivity index (χ1n) is 6.87. The van der Waals surface area contributed by atoms with Crippen molar-refractivity contribution in [2.75, 3.05) is 20.3 Å². The Kier molecular flexibility index (Phi) is 5.46. The van der Waals surface area contributed by atoms with Gasteiger partial charge in [0.1, 0.15) is 30.5 Å². The Morgan fingerprint density at radius 2 is 1.67 bits per heavy atom. The Morgan fingerprint density at radius 1 is 0.952 bits per heavy atom. The van der Waals surface area contributed by atoms with Gasteiger partial charge in [-0.2, -0.15) is 0 Å². The molecule has 0 heterocycles. The van der Waals surface area contributed by atoms with Gasteiger partial charge in [-0.3, -0.25) is 0 Å². The highest BCUT2D eigenvalue weighted by Crippen LogP contribution is 2.29. The van der Waals surface area contributed by atoms with Crippen molar-refractivity contribution >= 4 is 0 Å². The van der Waals surface area contributed by atoms with Gasteiger partial charge in [-0.15, -0.1) is 0 Å². The lowest BCUT2D eigenvalue weighted by atomic mass is 10.1. The van der Waals surface area contributed by atoms with Gasteiger partial charge >= 0.3 is 0 Å². The zero-order chi connectivity index (χ0) is 15.1. The number of ether oxygens (including phenoxy) is 3. The molecule has 0 saturated heterocycles. The van der Waals surface area contributed by atoms with Gasteiger partial charge in [-0.05, 0) is 31.2 Å². The lowest BCUT2D eigenvalue weighted by molar-refractivity contribution is 0.181. The largest absolute Gasteiger partial charge is 0.497 e. The Bertz CT molecular complexity index is 552. The summed E-state index contributed by atoms with van der Waals surface area (Å²) in [7, 11) is 1.60. The van der Waals surface area contributed by atoms with E-state index in [0.717, 1.165) is 11.3 Å². The van der Waals surface area contributed by atoms with E-state index in [-0.39, 0.29) is 0 Å². The minimum atomic E-state index is -0.596. The number of benzene rings is 2. The highest BCUT2D eigenvalue weighted by atomic mass is 16.5. The van der Waals surface area contributed by atoms with Gasteiger partial charge in [0.25, 0.3) is 0 Å². The van der Waals surface area contributed by atoms with Crippen LogP contribution in [-0.2, 0) is 0 Å². The van der Waals surface area contributed by atoms with Crippen LogP contribution in [0.25, 0.3) is 0 Å². The maximum absolute atomic E-state index is 9.75. The van der Waals surface area contributed by atoms with Crippen molar-refractivity contribution in [3.05, 3.63) is 54.1 Å². The van der Waals surface area contributed by atoms with Crippen LogP contribution in [0.5, 0.6) is 17.2 Å². The SMILES string of the molecule is COc1ccc([C@H](C)O)c(OCCOc2ccccc2)c1. The molecule has 0 unspecified atom stereocenters. The van der Waals surface area contributed by atoms with Gasteiger partial charge in [0.05, 0.1) is 13.2 Å². The third-order valence-electron chi connectivity index (χ3n) is 3.02. The fourth-order valence-corrected chi connectivity index (χ4v) is 1.94. The van der Waals surface area contributed by atoms with Gasteiger partial charge in [0.2, 0.25) is 0 Å². The van der Waals surface area contributed by atoms with Crippen LogP contribution in [0.4, 0.5) is 0 Å². The quantitative estimate of drug-likeness (QED) is 0.795. The summed E-state index contributed by atoms with van der Waals surface area (Å²) in [6.45, 7) is 2.53. The van der Waals surface area contributed by atoms with Crippen molar-refractivity contribution in [2.45, 2.75) is 13.0 Å². The molecule has 0 amide bonds. The summed E-state index contributed by atoms with van der Waals surface area (Å²) in [4.78, 5) is 0. The number of hydrogen-bond donors (Lipinski definition) is 1. The third kappa shape index (κ3) is 4.39. The molecule has 0 bridgehead atoms. The zero-order valence-electron chi connectivity index (χ0n) is 12.3. The summed E-state index contributed by atoms with van der Waals surface area (Å²) in [6.07, 6.45) is -0.596. The van der Waals surface area contributed by atoms with Gasteiger partial charge in [0.15, 0.2) is 0 Å². The summed E-state index contributed by atoms with van der Waals surface area (Å²) < 4.78 is 16.4. The molecule has 2 aromatic rings. The molecular weight excluding hydrogens is 268 g/mol. The van der Waals surface area contributed by atoms with E-state index < -0.39 is 6.10 Å². The second-order valence-electron chi connectivity index (χ2n) is 4.59. The lowest BCUT2D eigenvalue weighted by Crippen LogP contribution is -2.10. The zero-order valence-corrected chi connectivity index (χ0v) is 12.3. The average molecular weight is 288 g/mol. The molecule has 2 aromatic carbocycles. The van der Waals surface area contributed by atoms with E-state index in [0.29, 0.717) is 24.7 Å². The molecule has 0 spiro atoms. The van der Waals surface area contributed by atoms with Crippen molar-refractivity contribution in [3.63, 3.8) is 0 Å². The molecule has 0 aromatic heterocycles. The van der Waals surface area contributed by atoms with E-state index in [9.17, 15) is 5.11 Å². The monoisotopic (exact) mass is 288 g/mol. The van der Waals surface area contributed by atoms with Crippen LogP contribution in [-0.4, -0.2) is 25.4 Å². The smallest absolute Gasteiger partial charge is 0.128 e. The van der Waals surface area contributed by atoms with E-state index in [1.807, 2.05) is 30.3 Å². The van der Waals surface area contributed by atoms with Crippen LogP contribution in [0.2, 0.25) is 0 Å². The Hall–Kier alpha value is -2.20. The van der Waals surface area contributed by atoms with Crippen LogP contribution in [0.1, 0.15) is 18.6 Å². The summed E-state index contributed by atoms with van der Waals surface area (Å²) in [5.74, 6) is 2.11. The Labute approximate surface area is 124 Å². The van der Waals surface area contributed by atoms with Crippen molar-refractivity contribution in [3.8, 4) is 17.2 Å². The fraction of sp³-hybridized carbons (Fsp3) is 0.294. The van der Waals surface area contributed by atoms with Crippen molar-refractivity contribution in [1.82, 2.24) is 0 Å². The fourth-order valence-electron chi connectivity index (χ4n) is 1.94. The minimum Gasteiger partial charge on any atom is -0.497 e. The van der Waals surface area contributed by atoms with Crippen LogP contribution < -0.4 is 14.2 Å². The summed E-state index contributed by atoms with van der Waals surface area (Å²) >= 11 is 0. The van der Waals surface area contributed by atoms with Gasteiger partial charge < -0.3 is 19.3 Å². The molecular formula is C17H20O4. The molecule has 21 heavy (non-hydrogen) atoms. The third-order valence-corrected chi connectivity index (χ3v) is 3.02. The maximum Gasteiger partial charge on any atom is 0.128 e. The van der Waals surface area contributed by atoms with Crippen molar-refractivity contribution in [2.24, 2.45) is 0 Å². The number of aliphatic hydroxyl groups excluding tert-OH is 1. The van der Waals surface area contributed by atoms with Crippen LogP contribution in [0, 0.1) is 0 Å². The molecule has 4 nitrogen and oxygen atoms in total. The van der Waals surface area contributed by atoms with Gasteiger partial charge in [0, 0.05) is 11.6 Å². The number of aliphatic hydroxyl groups is 1. The number of para-hydroxylation sites is 1. The van der Waals surface area contributed by atoms with E-state index in [2.05, 4.69) is 0 Å². The predicted molar refractivity (Wildman–Crippen MR) is 81.1 cm³/mol. The molecule has 0 radical (unpaired) electrons. The summed E-state index contributed by atoms with van der Waals surface area (Å²) in [5.41, 5.74) is 0.732. The normalized spacial score (nSPS) is 11.8. The highest BCUT2D eigenvalue weighted by molar-refractivity contribution is 5.41. The molecule has 1 atom stereocenters. The second kappa shape index (κ2) is 7.55. The van der Waals surface area contributed by atoms with Crippen LogP contribution >= 0.6 is 0 Å². The average Bonchev–Trinajstić information content (AvgIpc) is 2.52. The maximum atomic E-state index is 9.75. The predicted octanol–water partition coefficient (Wildman–Crippen LogP) is 3.21. The lowest BCUT2D eigenvalue weighted by Gasteiger charge is -2.15. The highest BCUT2D eigenvalue weighted by Gasteiger charge is 2.10. The van der Waals surface area contributed by atoms with Gasteiger partial charge in [-0.25, -0.2) is 0 Å². The first-order chi connectivity index (χ1) is 10.2. The topological polar surface area (TPSA) is 47.9 Å². The number of hydrogen-bond acceptors (Lipinski definition) is 4. The van der Waals surface area contributed by atoms with E-state index in [1.165, 1.54) is 0 Å². The summed E-state index contributed by atoms with van der Waals surface area (Å²) in [5, 5.41) is 9.75. The second-order valence-corrected chi connectivity index (χ2v) is 4.59. The minimum absolute atomic E-state index is 0.391. The number of rotatable bonds is 7. The first kappa shape index (κ1) is 15.2. The first-order valence-corrected chi connectivity index (χ1v) is 6.87.